The molecule has 1 spiro atoms. The lowest BCUT2D eigenvalue weighted by Gasteiger charge is -2.32. The molecule has 1 heterocycles. The van der Waals surface area contributed by atoms with Crippen molar-refractivity contribution in [1.82, 2.24) is 0 Å². The summed E-state index contributed by atoms with van der Waals surface area (Å²) in [5, 5.41) is 2.28. The molecule has 0 fully saturated rings. The summed E-state index contributed by atoms with van der Waals surface area (Å²) in [6.45, 7) is 7.07. The molecule has 318 valence electrons. The number of fused-ring (bicyclic) bond motifs is 17. The molecule has 2 heteroatoms. The summed E-state index contributed by atoms with van der Waals surface area (Å²) < 4.78 is 7.28. The van der Waals surface area contributed by atoms with Crippen molar-refractivity contribution >= 4 is 33.3 Å². The van der Waals surface area contributed by atoms with E-state index in [2.05, 4.69) is 244 Å². The number of anilines is 2. The van der Waals surface area contributed by atoms with Gasteiger partial charge in [0.25, 0.3) is 0 Å². The number of hydrogen-bond donors (Lipinski definition) is 0. The Labute approximate surface area is 391 Å². The van der Waals surface area contributed by atoms with Crippen LogP contribution in [0.2, 0.25) is 0 Å². The van der Waals surface area contributed by atoms with Gasteiger partial charge in [0.2, 0.25) is 0 Å². The van der Waals surface area contributed by atoms with Crippen LogP contribution < -0.4 is 4.90 Å². The van der Waals surface area contributed by atoms with Crippen molar-refractivity contribution < 1.29 is 4.42 Å². The topological polar surface area (TPSA) is 16.4 Å². The summed E-state index contributed by atoms with van der Waals surface area (Å²) >= 11 is 0. The van der Waals surface area contributed by atoms with Gasteiger partial charge in [0, 0.05) is 50.3 Å². The van der Waals surface area contributed by atoms with Crippen molar-refractivity contribution in [3.63, 3.8) is 0 Å². The smallest absolute Gasteiger partial charge is 0.143 e. The van der Waals surface area contributed by atoms with E-state index in [4.69, 9.17) is 4.42 Å². The number of para-hydroxylation sites is 1. The zero-order valence-electron chi connectivity index (χ0n) is 37.8. The lowest BCUT2D eigenvalue weighted by molar-refractivity contribution is 0.628. The fourth-order valence-electron chi connectivity index (χ4n) is 12.8. The van der Waals surface area contributed by atoms with Crippen LogP contribution in [-0.4, -0.2) is 0 Å². The third-order valence-electron chi connectivity index (χ3n) is 15.8. The quantitative estimate of drug-likeness (QED) is 0.171. The van der Waals surface area contributed by atoms with Gasteiger partial charge >= 0.3 is 0 Å². The average Bonchev–Trinajstić information content (AvgIpc) is 4.07. The van der Waals surface area contributed by atoms with Crippen LogP contribution in [0.3, 0.4) is 0 Å². The number of rotatable bonds is 5. The van der Waals surface area contributed by atoms with E-state index in [0.29, 0.717) is 11.8 Å². The maximum absolute atomic E-state index is 7.28. The highest BCUT2D eigenvalue weighted by Crippen LogP contribution is 2.64. The first kappa shape index (κ1) is 38.3. The molecule has 14 rings (SSSR count). The van der Waals surface area contributed by atoms with Gasteiger partial charge < -0.3 is 9.32 Å². The first-order valence-corrected chi connectivity index (χ1v) is 23.8. The second-order valence-electron chi connectivity index (χ2n) is 19.6. The zero-order chi connectivity index (χ0) is 44.6. The maximum Gasteiger partial charge on any atom is 0.143 e. The molecule has 4 aliphatic rings. The molecule has 0 N–H and O–H groups in total. The fourth-order valence-corrected chi connectivity index (χ4v) is 12.8. The minimum atomic E-state index is -0.418. The standard InChI is InChI=1S/C65H47NO/c1-40-38-44(32-34-46(40)41-16-5-4-6-17-41)66(45-33-35-51-48-18-7-11-24-55(48)64(2,3)60(51)39-45)43-30-28-42(29-31-43)47-22-15-23-52-53-36-37-59-61(63(53)67-62(47)52)54-21-10-14-27-58(54)65(59)56-25-12-8-19-49(56)50-20-9-13-26-57(50)65/h4-40,46H,1-3H3. The van der Waals surface area contributed by atoms with Crippen LogP contribution in [0.4, 0.5) is 11.4 Å². The van der Waals surface area contributed by atoms with Crippen LogP contribution in [0.1, 0.15) is 65.6 Å². The summed E-state index contributed by atoms with van der Waals surface area (Å²) in [6.07, 6.45) is 7.18. The first-order chi connectivity index (χ1) is 32.9. The van der Waals surface area contributed by atoms with E-state index in [0.717, 1.165) is 44.4 Å². The lowest BCUT2D eigenvalue weighted by Crippen LogP contribution is -2.25. The second kappa shape index (κ2) is 14.0. The Morgan fingerprint density at radius 2 is 1.01 bits per heavy atom. The summed E-state index contributed by atoms with van der Waals surface area (Å²) in [5.41, 5.74) is 24.1. The molecule has 2 nitrogen and oxygen atoms in total. The zero-order valence-corrected chi connectivity index (χ0v) is 37.8. The van der Waals surface area contributed by atoms with Crippen LogP contribution in [0.15, 0.2) is 229 Å². The summed E-state index contributed by atoms with van der Waals surface area (Å²) in [5.74, 6) is 0.628. The molecule has 9 aromatic carbocycles. The molecule has 2 atom stereocenters. The summed E-state index contributed by atoms with van der Waals surface area (Å²) in [7, 11) is 0. The molecule has 0 bridgehead atoms. The van der Waals surface area contributed by atoms with Gasteiger partial charge in [-0.3, -0.25) is 0 Å². The highest BCUT2D eigenvalue weighted by Gasteiger charge is 2.52. The molecular formula is C65H47NO. The molecule has 0 saturated carbocycles. The normalized spacial score (nSPS) is 17.4. The van der Waals surface area contributed by atoms with Gasteiger partial charge in [-0.2, -0.15) is 0 Å². The van der Waals surface area contributed by atoms with Crippen LogP contribution in [0, 0.1) is 5.92 Å². The van der Waals surface area contributed by atoms with Crippen LogP contribution in [-0.2, 0) is 10.8 Å². The Morgan fingerprint density at radius 1 is 0.448 bits per heavy atom. The molecular weight excluding hydrogens is 811 g/mol. The predicted molar refractivity (Wildman–Crippen MR) is 277 cm³/mol. The van der Waals surface area contributed by atoms with Crippen molar-refractivity contribution in [3.8, 4) is 44.5 Å². The van der Waals surface area contributed by atoms with Gasteiger partial charge in [-0.25, -0.2) is 0 Å². The molecule has 4 aliphatic carbocycles. The van der Waals surface area contributed by atoms with E-state index >= 15 is 0 Å². The monoisotopic (exact) mass is 857 g/mol. The number of nitrogens with zero attached hydrogens (tertiary/aromatic N) is 1. The highest BCUT2D eigenvalue weighted by molar-refractivity contribution is 6.15. The third-order valence-corrected chi connectivity index (χ3v) is 15.8. The van der Waals surface area contributed by atoms with E-state index in [1.165, 1.54) is 78.0 Å². The molecule has 67 heavy (non-hydrogen) atoms. The summed E-state index contributed by atoms with van der Waals surface area (Å²) in [6, 6.07) is 74.3. The second-order valence-corrected chi connectivity index (χ2v) is 19.6. The van der Waals surface area contributed by atoms with Gasteiger partial charge in [0.05, 0.1) is 5.41 Å². The van der Waals surface area contributed by atoms with Gasteiger partial charge in [0.1, 0.15) is 11.2 Å². The number of benzene rings is 9. The Bertz CT molecular complexity index is 3700. The lowest BCUT2D eigenvalue weighted by atomic mass is 9.70. The fraction of sp³-hybridized carbons (Fsp3) is 0.108. The maximum atomic E-state index is 7.28. The van der Waals surface area contributed by atoms with Crippen molar-refractivity contribution in [1.29, 1.82) is 0 Å². The highest BCUT2D eigenvalue weighted by atomic mass is 16.3. The van der Waals surface area contributed by atoms with Gasteiger partial charge in [0.15, 0.2) is 0 Å². The van der Waals surface area contributed by atoms with E-state index in [9.17, 15) is 0 Å². The van der Waals surface area contributed by atoms with Crippen molar-refractivity contribution in [3.05, 3.63) is 263 Å². The largest absolute Gasteiger partial charge is 0.455 e. The number of furan rings is 1. The summed E-state index contributed by atoms with van der Waals surface area (Å²) in [4.78, 5) is 2.45. The number of allylic oxidation sites excluding steroid dienone is 3. The van der Waals surface area contributed by atoms with Crippen molar-refractivity contribution in [2.45, 2.75) is 37.5 Å². The van der Waals surface area contributed by atoms with Crippen LogP contribution in [0.5, 0.6) is 0 Å². The molecule has 10 aromatic rings. The van der Waals surface area contributed by atoms with Crippen LogP contribution >= 0.6 is 0 Å². The van der Waals surface area contributed by atoms with Crippen molar-refractivity contribution in [2.75, 3.05) is 4.90 Å². The first-order valence-electron chi connectivity index (χ1n) is 23.8. The van der Waals surface area contributed by atoms with Crippen molar-refractivity contribution in [2.24, 2.45) is 5.92 Å². The van der Waals surface area contributed by atoms with E-state index in [1.54, 1.807) is 0 Å². The van der Waals surface area contributed by atoms with Gasteiger partial charge in [-0.1, -0.05) is 209 Å². The molecule has 2 unspecified atom stereocenters. The Hall–Kier alpha value is -7.94. The molecule has 0 radical (unpaired) electrons. The Balaban J connectivity index is 0.901. The van der Waals surface area contributed by atoms with Gasteiger partial charge in [-0.05, 0) is 109 Å². The van der Waals surface area contributed by atoms with E-state index < -0.39 is 5.41 Å². The SMILES string of the molecule is CC1C=C(N(c2ccc(-c3cccc4c3oc3c5c(ccc34)C3(c4ccccc4-c4ccccc43)c3ccccc3-5)cc2)c2ccc3c(c2)C(C)(C)c2ccccc2-3)C=CC1c1ccccc1. The predicted octanol–water partition coefficient (Wildman–Crippen LogP) is 16.9. The Morgan fingerprint density at radius 3 is 1.72 bits per heavy atom. The van der Waals surface area contributed by atoms with Gasteiger partial charge in [-0.15, -0.1) is 0 Å². The minimum Gasteiger partial charge on any atom is -0.455 e. The average molecular weight is 858 g/mol. The van der Waals surface area contributed by atoms with E-state index in [1.807, 2.05) is 0 Å². The molecule has 1 aromatic heterocycles. The Kier molecular flexibility index (Phi) is 8.03. The van der Waals surface area contributed by atoms with Crippen LogP contribution in [0.25, 0.3) is 66.4 Å². The number of hydrogen-bond acceptors (Lipinski definition) is 2. The van der Waals surface area contributed by atoms with E-state index in [-0.39, 0.29) is 5.41 Å². The molecule has 0 aliphatic heterocycles. The molecule has 0 saturated heterocycles. The molecule has 0 amide bonds. The minimum absolute atomic E-state index is 0.111. The third kappa shape index (κ3) is 5.21.